The molecule has 0 saturated carbocycles. The van der Waals surface area contributed by atoms with Crippen LogP contribution in [-0.2, 0) is 6.54 Å². The van der Waals surface area contributed by atoms with Gasteiger partial charge >= 0.3 is 0 Å². The Hall–Kier alpha value is -1.14. The summed E-state index contributed by atoms with van der Waals surface area (Å²) in [5.41, 5.74) is 0. The van der Waals surface area contributed by atoms with E-state index in [9.17, 15) is 0 Å². The standard InChI is InChI=1S/C15H27N5S/c1-12-5-4-7-20(11-12)8-6-17-15(16-3)19-10-14-18-9-13(2)21-14/h9,12H,4-8,10-11H2,1-3H3,(H2,16,17,19). The summed E-state index contributed by atoms with van der Waals surface area (Å²) in [6.07, 6.45) is 4.62. The van der Waals surface area contributed by atoms with Gasteiger partial charge in [-0.3, -0.25) is 4.99 Å². The summed E-state index contributed by atoms with van der Waals surface area (Å²) in [5.74, 6) is 1.69. The normalized spacial score (nSPS) is 20.5. The van der Waals surface area contributed by atoms with Crippen molar-refractivity contribution in [2.75, 3.05) is 33.2 Å². The number of hydrogen-bond acceptors (Lipinski definition) is 4. The zero-order valence-corrected chi connectivity index (χ0v) is 14.2. The highest BCUT2D eigenvalue weighted by Crippen LogP contribution is 2.14. The first-order valence-corrected chi connectivity index (χ1v) is 8.57. The monoisotopic (exact) mass is 309 g/mol. The summed E-state index contributed by atoms with van der Waals surface area (Å²) >= 11 is 1.72. The maximum absolute atomic E-state index is 4.35. The summed E-state index contributed by atoms with van der Waals surface area (Å²) in [6.45, 7) is 9.64. The van der Waals surface area contributed by atoms with Crippen molar-refractivity contribution in [1.29, 1.82) is 0 Å². The second-order valence-corrected chi connectivity index (χ2v) is 7.08. The van der Waals surface area contributed by atoms with E-state index in [4.69, 9.17) is 0 Å². The number of nitrogens with zero attached hydrogens (tertiary/aromatic N) is 3. The Morgan fingerprint density at radius 1 is 1.52 bits per heavy atom. The molecular formula is C15H27N5S. The Kier molecular flexibility index (Phi) is 6.45. The molecule has 5 nitrogen and oxygen atoms in total. The number of aliphatic imine (C=N–C) groups is 1. The highest BCUT2D eigenvalue weighted by atomic mass is 32.1. The van der Waals surface area contributed by atoms with Gasteiger partial charge in [0.2, 0.25) is 0 Å². The molecule has 0 radical (unpaired) electrons. The fraction of sp³-hybridized carbons (Fsp3) is 0.733. The Labute approximate surface area is 131 Å². The van der Waals surface area contributed by atoms with Crippen LogP contribution in [0.3, 0.4) is 0 Å². The van der Waals surface area contributed by atoms with E-state index in [1.54, 1.807) is 11.3 Å². The molecule has 2 N–H and O–H groups in total. The van der Waals surface area contributed by atoms with Crippen molar-refractivity contribution in [3.63, 3.8) is 0 Å². The molecule has 1 fully saturated rings. The van der Waals surface area contributed by atoms with Crippen molar-refractivity contribution < 1.29 is 0 Å². The molecule has 21 heavy (non-hydrogen) atoms. The molecule has 1 aromatic heterocycles. The molecule has 2 rings (SSSR count). The molecule has 1 aromatic rings. The fourth-order valence-corrected chi connectivity index (χ4v) is 3.41. The molecule has 6 heteroatoms. The number of rotatable bonds is 5. The lowest BCUT2D eigenvalue weighted by Gasteiger charge is -2.30. The highest BCUT2D eigenvalue weighted by molar-refractivity contribution is 7.11. The van der Waals surface area contributed by atoms with Gasteiger partial charge in [-0.1, -0.05) is 6.92 Å². The van der Waals surface area contributed by atoms with Crippen LogP contribution >= 0.6 is 11.3 Å². The van der Waals surface area contributed by atoms with Gasteiger partial charge in [-0.25, -0.2) is 4.98 Å². The molecule has 0 bridgehead atoms. The lowest BCUT2D eigenvalue weighted by atomic mass is 10.0. The number of likely N-dealkylation sites (tertiary alicyclic amines) is 1. The molecule has 2 heterocycles. The van der Waals surface area contributed by atoms with Gasteiger partial charge < -0.3 is 15.5 Å². The van der Waals surface area contributed by atoms with Gasteiger partial charge in [0.05, 0.1) is 6.54 Å². The Bertz CT molecular complexity index is 457. The third-order valence-electron chi connectivity index (χ3n) is 3.76. The molecule has 1 atom stereocenters. The zero-order chi connectivity index (χ0) is 15.1. The van der Waals surface area contributed by atoms with Gasteiger partial charge in [0.15, 0.2) is 5.96 Å². The highest BCUT2D eigenvalue weighted by Gasteiger charge is 2.15. The van der Waals surface area contributed by atoms with E-state index in [-0.39, 0.29) is 0 Å². The lowest BCUT2D eigenvalue weighted by Crippen LogP contribution is -2.43. The van der Waals surface area contributed by atoms with Gasteiger partial charge in [-0.05, 0) is 32.2 Å². The third-order valence-corrected chi connectivity index (χ3v) is 4.67. The smallest absolute Gasteiger partial charge is 0.191 e. The molecule has 0 amide bonds. The van der Waals surface area contributed by atoms with Crippen LogP contribution in [-0.4, -0.2) is 49.1 Å². The second-order valence-electron chi connectivity index (χ2n) is 5.77. The molecule has 0 aromatic carbocycles. The van der Waals surface area contributed by atoms with E-state index in [1.807, 2.05) is 13.2 Å². The van der Waals surface area contributed by atoms with E-state index in [0.717, 1.165) is 36.5 Å². The van der Waals surface area contributed by atoms with E-state index < -0.39 is 0 Å². The van der Waals surface area contributed by atoms with Gasteiger partial charge in [0.25, 0.3) is 0 Å². The first kappa shape index (κ1) is 16.2. The molecule has 1 aliphatic rings. The van der Waals surface area contributed by atoms with E-state index >= 15 is 0 Å². The molecular weight excluding hydrogens is 282 g/mol. The van der Waals surface area contributed by atoms with Gasteiger partial charge in [-0.15, -0.1) is 11.3 Å². The van der Waals surface area contributed by atoms with Crippen LogP contribution in [0.15, 0.2) is 11.2 Å². The molecule has 1 unspecified atom stereocenters. The van der Waals surface area contributed by atoms with Gasteiger partial charge in [0.1, 0.15) is 5.01 Å². The quantitative estimate of drug-likeness (QED) is 0.644. The average Bonchev–Trinajstić information content (AvgIpc) is 2.88. The summed E-state index contributed by atoms with van der Waals surface area (Å²) in [6, 6.07) is 0. The maximum Gasteiger partial charge on any atom is 0.191 e. The van der Waals surface area contributed by atoms with Crippen LogP contribution in [0.1, 0.15) is 29.7 Å². The first-order valence-electron chi connectivity index (χ1n) is 7.75. The predicted molar refractivity (Wildman–Crippen MR) is 89.9 cm³/mol. The average molecular weight is 309 g/mol. The minimum absolute atomic E-state index is 0.735. The van der Waals surface area contributed by atoms with Crippen molar-refractivity contribution >= 4 is 17.3 Å². The minimum Gasteiger partial charge on any atom is -0.355 e. The van der Waals surface area contributed by atoms with Crippen LogP contribution < -0.4 is 10.6 Å². The summed E-state index contributed by atoms with van der Waals surface area (Å²) in [7, 11) is 1.81. The predicted octanol–water partition coefficient (Wildman–Crippen LogP) is 1.85. The number of aromatic nitrogens is 1. The van der Waals surface area contributed by atoms with E-state index in [1.165, 1.54) is 30.8 Å². The molecule has 0 spiro atoms. The minimum atomic E-state index is 0.735. The number of nitrogens with one attached hydrogen (secondary N) is 2. The largest absolute Gasteiger partial charge is 0.355 e. The van der Waals surface area contributed by atoms with Crippen LogP contribution in [0.2, 0.25) is 0 Å². The second kappa shape index (κ2) is 8.34. The summed E-state index contributed by atoms with van der Waals surface area (Å²) in [5, 5.41) is 7.79. The number of piperidine rings is 1. The number of thiazole rings is 1. The van der Waals surface area contributed by atoms with Gasteiger partial charge in [0, 0.05) is 37.8 Å². The summed E-state index contributed by atoms with van der Waals surface area (Å²) in [4.78, 5) is 12.4. The number of guanidine groups is 1. The Morgan fingerprint density at radius 2 is 2.38 bits per heavy atom. The van der Waals surface area contributed by atoms with Crippen LogP contribution in [0, 0.1) is 12.8 Å². The van der Waals surface area contributed by atoms with Crippen molar-refractivity contribution in [1.82, 2.24) is 20.5 Å². The first-order chi connectivity index (χ1) is 10.2. The van der Waals surface area contributed by atoms with Crippen LogP contribution in [0.5, 0.6) is 0 Å². The molecule has 1 saturated heterocycles. The Balaban J connectivity index is 1.65. The molecule has 1 aliphatic heterocycles. The third kappa shape index (κ3) is 5.63. The van der Waals surface area contributed by atoms with Crippen molar-refractivity contribution in [2.24, 2.45) is 10.9 Å². The van der Waals surface area contributed by atoms with Crippen molar-refractivity contribution in [3.05, 3.63) is 16.1 Å². The molecule has 0 aliphatic carbocycles. The van der Waals surface area contributed by atoms with Crippen LogP contribution in [0.4, 0.5) is 0 Å². The van der Waals surface area contributed by atoms with Crippen LogP contribution in [0.25, 0.3) is 0 Å². The fourth-order valence-electron chi connectivity index (χ4n) is 2.69. The van der Waals surface area contributed by atoms with E-state index in [2.05, 4.69) is 39.4 Å². The lowest BCUT2D eigenvalue weighted by molar-refractivity contribution is 0.187. The summed E-state index contributed by atoms with van der Waals surface area (Å²) < 4.78 is 0. The topological polar surface area (TPSA) is 52.6 Å². The van der Waals surface area contributed by atoms with Gasteiger partial charge in [-0.2, -0.15) is 0 Å². The van der Waals surface area contributed by atoms with E-state index in [0.29, 0.717) is 0 Å². The van der Waals surface area contributed by atoms with Crippen molar-refractivity contribution in [2.45, 2.75) is 33.2 Å². The maximum atomic E-state index is 4.35. The van der Waals surface area contributed by atoms with Crippen molar-refractivity contribution in [3.8, 4) is 0 Å². The number of aryl methyl sites for hydroxylation is 1. The number of hydrogen-bond donors (Lipinski definition) is 2. The zero-order valence-electron chi connectivity index (χ0n) is 13.4. The molecule has 118 valence electrons. The Morgan fingerprint density at radius 3 is 3.05 bits per heavy atom. The SMILES string of the molecule is CN=C(NCCN1CCCC(C)C1)NCc1ncc(C)s1.